The van der Waals surface area contributed by atoms with Crippen molar-refractivity contribution in [3.8, 4) is 17.1 Å². The third-order valence-electron chi connectivity index (χ3n) is 5.85. The fraction of sp³-hybridized carbons (Fsp3) is 0.231. The molecule has 5 aromatic rings. The second kappa shape index (κ2) is 10.1. The molecule has 0 aliphatic rings. The molecular formula is C26H23BrN4O3S. The SMILES string of the molecule is CCCCCCn1c(O)c(N=Nc2nc(-c3cc4ccccc4oc3=O)cs2)c2cc(Br)ccc21. The average molecular weight is 551 g/mol. The Hall–Kier alpha value is -3.30. The Balaban J connectivity index is 1.47. The van der Waals surface area contributed by atoms with Gasteiger partial charge in [0.2, 0.25) is 11.0 Å². The molecule has 2 aromatic carbocycles. The molecule has 0 atom stereocenters. The predicted octanol–water partition coefficient (Wildman–Crippen LogP) is 8.34. The van der Waals surface area contributed by atoms with Gasteiger partial charge in [0.15, 0.2) is 5.69 Å². The van der Waals surface area contributed by atoms with Gasteiger partial charge < -0.3 is 14.1 Å². The van der Waals surface area contributed by atoms with Crippen molar-refractivity contribution in [2.75, 3.05) is 0 Å². The van der Waals surface area contributed by atoms with Crippen LogP contribution in [0.5, 0.6) is 5.88 Å². The number of thiazole rings is 1. The molecule has 0 bridgehead atoms. The van der Waals surface area contributed by atoms with Crippen molar-refractivity contribution < 1.29 is 9.52 Å². The molecule has 35 heavy (non-hydrogen) atoms. The number of hydrogen-bond acceptors (Lipinski definition) is 7. The quantitative estimate of drug-likeness (QED) is 0.119. The van der Waals surface area contributed by atoms with E-state index in [0.29, 0.717) is 34.2 Å². The predicted molar refractivity (Wildman–Crippen MR) is 143 cm³/mol. The molecule has 0 radical (unpaired) electrons. The number of unbranched alkanes of at least 4 members (excludes halogenated alkanes) is 3. The van der Waals surface area contributed by atoms with E-state index < -0.39 is 5.63 Å². The number of halogens is 1. The monoisotopic (exact) mass is 550 g/mol. The zero-order valence-corrected chi connectivity index (χ0v) is 21.5. The van der Waals surface area contributed by atoms with E-state index in [1.807, 2.05) is 41.0 Å². The Labute approximate surface area is 213 Å². The molecule has 0 saturated heterocycles. The van der Waals surface area contributed by atoms with E-state index in [1.54, 1.807) is 17.5 Å². The van der Waals surface area contributed by atoms with Gasteiger partial charge in [0.05, 0.1) is 16.8 Å². The molecule has 0 unspecified atom stereocenters. The Bertz CT molecular complexity index is 1600. The van der Waals surface area contributed by atoms with Gasteiger partial charge in [-0.2, -0.15) is 0 Å². The van der Waals surface area contributed by atoms with E-state index in [0.717, 1.165) is 40.0 Å². The van der Waals surface area contributed by atoms with Gasteiger partial charge in [0.25, 0.3) is 0 Å². The third-order valence-corrected chi connectivity index (χ3v) is 7.07. The lowest BCUT2D eigenvalue weighted by Gasteiger charge is -2.06. The lowest BCUT2D eigenvalue weighted by atomic mass is 10.1. The van der Waals surface area contributed by atoms with Crippen LogP contribution in [-0.2, 0) is 6.54 Å². The molecule has 7 nitrogen and oxygen atoms in total. The first-order valence-corrected chi connectivity index (χ1v) is 13.1. The highest BCUT2D eigenvalue weighted by Crippen LogP contribution is 2.41. The van der Waals surface area contributed by atoms with E-state index in [1.165, 1.54) is 17.8 Å². The number of para-hydroxylation sites is 1. The van der Waals surface area contributed by atoms with E-state index in [4.69, 9.17) is 4.42 Å². The van der Waals surface area contributed by atoms with Crippen molar-refractivity contribution in [2.45, 2.75) is 39.2 Å². The molecule has 0 aliphatic carbocycles. The molecule has 3 aromatic heterocycles. The van der Waals surface area contributed by atoms with Gasteiger partial charge in [-0.25, -0.2) is 9.78 Å². The number of rotatable bonds is 8. The number of nitrogens with zero attached hydrogens (tertiary/aromatic N) is 4. The first-order chi connectivity index (χ1) is 17.0. The van der Waals surface area contributed by atoms with Gasteiger partial charge in [-0.05, 0) is 36.8 Å². The van der Waals surface area contributed by atoms with Crippen LogP contribution in [0.15, 0.2) is 77.8 Å². The molecule has 0 fully saturated rings. The third kappa shape index (κ3) is 4.78. The lowest BCUT2D eigenvalue weighted by molar-refractivity contribution is 0.416. The number of aryl methyl sites for hydroxylation is 1. The number of hydrogen-bond donors (Lipinski definition) is 1. The molecule has 0 aliphatic heterocycles. The summed E-state index contributed by atoms with van der Waals surface area (Å²) in [5, 5.41) is 23.4. The number of aromatic nitrogens is 2. The Kier molecular flexibility index (Phi) is 6.79. The summed E-state index contributed by atoms with van der Waals surface area (Å²) in [5.74, 6) is 0.0882. The Morgan fingerprint density at radius 1 is 1.11 bits per heavy atom. The van der Waals surface area contributed by atoms with Gasteiger partial charge in [-0.15, -0.1) is 21.6 Å². The molecule has 0 spiro atoms. The zero-order chi connectivity index (χ0) is 24.4. The standard InChI is InChI=1S/C26H23BrN4O3S/c1-2-3-4-7-12-31-21-11-10-17(27)14-19(21)23(24(31)32)29-30-26-28-20(15-35-26)18-13-16-8-5-6-9-22(16)34-25(18)33/h5-6,8-11,13-15,32H,2-4,7,12H2,1H3. The van der Waals surface area contributed by atoms with Crippen LogP contribution in [0.3, 0.4) is 0 Å². The summed E-state index contributed by atoms with van der Waals surface area (Å²) in [5.41, 5.74) is 2.24. The summed E-state index contributed by atoms with van der Waals surface area (Å²) in [7, 11) is 0. The first-order valence-electron chi connectivity index (χ1n) is 11.5. The maximum atomic E-state index is 12.5. The largest absolute Gasteiger partial charge is 0.493 e. The summed E-state index contributed by atoms with van der Waals surface area (Å²) in [4.78, 5) is 16.9. The Morgan fingerprint density at radius 3 is 2.83 bits per heavy atom. The minimum absolute atomic E-state index is 0.0882. The summed E-state index contributed by atoms with van der Waals surface area (Å²) >= 11 is 4.78. The second-order valence-corrected chi connectivity index (χ2v) is 10.00. The topological polar surface area (TPSA) is 93.0 Å². The Morgan fingerprint density at radius 2 is 1.97 bits per heavy atom. The molecule has 178 valence electrons. The lowest BCUT2D eigenvalue weighted by Crippen LogP contribution is -2.02. The van der Waals surface area contributed by atoms with Crippen molar-refractivity contribution >= 4 is 60.0 Å². The average Bonchev–Trinajstić information content (AvgIpc) is 3.42. The summed E-state index contributed by atoms with van der Waals surface area (Å²) in [6.07, 6.45) is 4.40. The fourth-order valence-corrected chi connectivity index (χ4v) is 5.08. The van der Waals surface area contributed by atoms with Crippen LogP contribution in [0.1, 0.15) is 32.6 Å². The highest BCUT2D eigenvalue weighted by atomic mass is 79.9. The van der Waals surface area contributed by atoms with Gasteiger partial charge in [0, 0.05) is 27.2 Å². The van der Waals surface area contributed by atoms with E-state index >= 15 is 0 Å². The minimum atomic E-state index is -0.453. The molecule has 3 heterocycles. The maximum absolute atomic E-state index is 12.5. The van der Waals surface area contributed by atoms with Crippen molar-refractivity contribution in [3.63, 3.8) is 0 Å². The highest BCUT2D eigenvalue weighted by molar-refractivity contribution is 9.10. The van der Waals surface area contributed by atoms with Crippen molar-refractivity contribution in [3.05, 3.63) is 68.8 Å². The second-order valence-electron chi connectivity index (χ2n) is 8.25. The van der Waals surface area contributed by atoms with Crippen molar-refractivity contribution in [2.24, 2.45) is 10.2 Å². The molecule has 0 amide bonds. The molecule has 1 N–H and O–H groups in total. The number of azo groups is 1. The smallest absolute Gasteiger partial charge is 0.345 e. The normalized spacial score (nSPS) is 11.8. The number of aromatic hydroxyl groups is 1. The van der Waals surface area contributed by atoms with Crippen LogP contribution in [0.25, 0.3) is 33.1 Å². The maximum Gasteiger partial charge on any atom is 0.345 e. The summed E-state index contributed by atoms with van der Waals surface area (Å²) < 4.78 is 8.21. The van der Waals surface area contributed by atoms with Crippen LogP contribution in [0.4, 0.5) is 10.8 Å². The molecular weight excluding hydrogens is 528 g/mol. The van der Waals surface area contributed by atoms with Crippen molar-refractivity contribution in [1.29, 1.82) is 0 Å². The van der Waals surface area contributed by atoms with E-state index in [9.17, 15) is 9.90 Å². The highest BCUT2D eigenvalue weighted by Gasteiger charge is 2.17. The van der Waals surface area contributed by atoms with Crippen LogP contribution in [0, 0.1) is 0 Å². The van der Waals surface area contributed by atoms with Crippen LogP contribution < -0.4 is 5.63 Å². The fourth-order valence-electron chi connectivity index (χ4n) is 4.08. The van der Waals surface area contributed by atoms with E-state index in [2.05, 4.69) is 38.1 Å². The zero-order valence-electron chi connectivity index (χ0n) is 19.1. The van der Waals surface area contributed by atoms with Gasteiger partial charge in [0.1, 0.15) is 5.58 Å². The number of fused-ring (bicyclic) bond motifs is 2. The number of benzene rings is 2. The first kappa shape index (κ1) is 23.4. The van der Waals surface area contributed by atoms with Crippen molar-refractivity contribution in [1.82, 2.24) is 9.55 Å². The molecule has 0 saturated carbocycles. The van der Waals surface area contributed by atoms with Crippen LogP contribution >= 0.6 is 27.3 Å². The van der Waals surface area contributed by atoms with Crippen LogP contribution in [0.2, 0.25) is 0 Å². The molecule has 9 heteroatoms. The minimum Gasteiger partial charge on any atom is -0.493 e. The summed E-state index contributed by atoms with van der Waals surface area (Å²) in [6.45, 7) is 2.88. The van der Waals surface area contributed by atoms with Crippen LogP contribution in [-0.4, -0.2) is 14.7 Å². The van der Waals surface area contributed by atoms with Gasteiger partial charge in [-0.1, -0.05) is 60.3 Å². The van der Waals surface area contributed by atoms with E-state index in [-0.39, 0.29) is 5.88 Å². The summed E-state index contributed by atoms with van der Waals surface area (Å²) in [6, 6.07) is 15.0. The van der Waals surface area contributed by atoms with Gasteiger partial charge in [-0.3, -0.25) is 0 Å². The molecule has 5 rings (SSSR count). The van der Waals surface area contributed by atoms with Gasteiger partial charge >= 0.3 is 5.63 Å².